The summed E-state index contributed by atoms with van der Waals surface area (Å²) in [6.45, 7) is 5.30. The summed E-state index contributed by atoms with van der Waals surface area (Å²) >= 11 is 0. The van der Waals surface area contributed by atoms with Crippen molar-refractivity contribution in [2.45, 2.75) is 57.1 Å². The van der Waals surface area contributed by atoms with Gasteiger partial charge in [-0.1, -0.05) is 36.8 Å². The van der Waals surface area contributed by atoms with Crippen LogP contribution < -0.4 is 0 Å². The van der Waals surface area contributed by atoms with Crippen LogP contribution in [0.5, 0.6) is 0 Å². The highest BCUT2D eigenvalue weighted by Gasteiger charge is 2.30. The first kappa shape index (κ1) is 23.4. The molecule has 0 bridgehead atoms. The SMILES string of the molecule is Cc1ccc(C(=O)OC(C)C(=O)N2CCc3ccccc3C2)cc1S(=O)(=O)N1CCCCC1. The number of fused-ring (bicyclic) bond motifs is 1. The van der Waals surface area contributed by atoms with Crippen LogP contribution in [-0.2, 0) is 32.5 Å². The van der Waals surface area contributed by atoms with E-state index in [0.29, 0.717) is 31.7 Å². The highest BCUT2D eigenvalue weighted by Crippen LogP contribution is 2.25. The minimum Gasteiger partial charge on any atom is -0.449 e. The molecule has 0 spiro atoms. The van der Waals surface area contributed by atoms with Crippen molar-refractivity contribution in [3.8, 4) is 0 Å². The number of carbonyl (C=O) groups excluding carboxylic acids is 2. The summed E-state index contributed by atoms with van der Waals surface area (Å²) in [5.41, 5.74) is 3.03. The molecule has 2 aromatic rings. The molecule has 1 amide bonds. The van der Waals surface area contributed by atoms with Gasteiger partial charge in [0.25, 0.3) is 5.91 Å². The van der Waals surface area contributed by atoms with E-state index >= 15 is 0 Å². The van der Waals surface area contributed by atoms with Crippen molar-refractivity contribution in [2.24, 2.45) is 0 Å². The molecule has 0 saturated carbocycles. The Labute approximate surface area is 195 Å². The zero-order valence-electron chi connectivity index (χ0n) is 19.1. The van der Waals surface area contributed by atoms with Crippen LogP contribution in [-0.4, -0.2) is 55.2 Å². The van der Waals surface area contributed by atoms with E-state index in [9.17, 15) is 18.0 Å². The molecule has 8 heteroatoms. The van der Waals surface area contributed by atoms with Crippen molar-refractivity contribution in [1.82, 2.24) is 9.21 Å². The van der Waals surface area contributed by atoms with E-state index in [-0.39, 0.29) is 16.4 Å². The monoisotopic (exact) mass is 470 g/mol. The number of amides is 1. The fraction of sp³-hybridized carbons (Fsp3) is 0.440. The second-order valence-electron chi connectivity index (χ2n) is 8.77. The van der Waals surface area contributed by atoms with Crippen LogP contribution in [0.15, 0.2) is 47.4 Å². The number of piperidine rings is 1. The zero-order valence-corrected chi connectivity index (χ0v) is 19.9. The highest BCUT2D eigenvalue weighted by molar-refractivity contribution is 7.89. The Hall–Kier alpha value is -2.71. The van der Waals surface area contributed by atoms with E-state index in [1.54, 1.807) is 30.9 Å². The standard InChI is InChI=1S/C25H30N2O5S/c1-18-10-11-21(16-23(18)33(30,31)27-13-6-3-7-14-27)25(29)32-19(2)24(28)26-15-12-20-8-4-5-9-22(20)17-26/h4-5,8-11,16,19H,3,6-7,12-15,17H2,1-2H3. The van der Waals surface area contributed by atoms with Gasteiger partial charge in [-0.15, -0.1) is 0 Å². The summed E-state index contributed by atoms with van der Waals surface area (Å²) in [6.07, 6.45) is 2.48. The molecule has 2 aromatic carbocycles. The number of aryl methyl sites for hydroxylation is 1. The Balaban J connectivity index is 1.46. The maximum Gasteiger partial charge on any atom is 0.338 e. The van der Waals surface area contributed by atoms with Crippen LogP contribution in [0.2, 0.25) is 0 Å². The number of carbonyl (C=O) groups is 2. The summed E-state index contributed by atoms with van der Waals surface area (Å²) in [5.74, 6) is -0.963. The van der Waals surface area contributed by atoms with Crippen LogP contribution >= 0.6 is 0 Å². The van der Waals surface area contributed by atoms with Gasteiger partial charge < -0.3 is 9.64 Å². The van der Waals surface area contributed by atoms with Gasteiger partial charge in [0, 0.05) is 26.2 Å². The molecule has 1 fully saturated rings. The lowest BCUT2D eigenvalue weighted by atomic mass is 9.99. The number of hydrogen-bond donors (Lipinski definition) is 0. The van der Waals surface area contributed by atoms with Crippen molar-refractivity contribution in [3.63, 3.8) is 0 Å². The number of ether oxygens (including phenoxy) is 1. The predicted molar refractivity (Wildman–Crippen MR) is 124 cm³/mol. The third-order valence-corrected chi connectivity index (χ3v) is 8.47. The summed E-state index contributed by atoms with van der Waals surface area (Å²) in [7, 11) is -3.69. The summed E-state index contributed by atoms with van der Waals surface area (Å²) in [4.78, 5) is 27.5. The average Bonchev–Trinajstić information content (AvgIpc) is 2.83. The van der Waals surface area contributed by atoms with Gasteiger partial charge in [0.2, 0.25) is 10.0 Å². The molecule has 2 aliphatic rings. The lowest BCUT2D eigenvalue weighted by Gasteiger charge is -2.30. The highest BCUT2D eigenvalue weighted by atomic mass is 32.2. The number of benzene rings is 2. The molecule has 1 unspecified atom stereocenters. The smallest absolute Gasteiger partial charge is 0.338 e. The maximum atomic E-state index is 13.1. The fourth-order valence-electron chi connectivity index (χ4n) is 4.47. The molecule has 1 saturated heterocycles. The normalized spacial score (nSPS) is 17.8. The van der Waals surface area contributed by atoms with Gasteiger partial charge in [0.15, 0.2) is 6.10 Å². The van der Waals surface area contributed by atoms with Gasteiger partial charge >= 0.3 is 5.97 Å². The molecule has 2 aliphatic heterocycles. The van der Waals surface area contributed by atoms with E-state index in [2.05, 4.69) is 6.07 Å². The first-order valence-corrected chi connectivity index (χ1v) is 12.9. The van der Waals surface area contributed by atoms with E-state index in [0.717, 1.165) is 31.2 Å². The minimum atomic E-state index is -3.69. The molecule has 0 aromatic heterocycles. The van der Waals surface area contributed by atoms with Gasteiger partial charge in [-0.05, 0) is 61.9 Å². The van der Waals surface area contributed by atoms with Gasteiger partial charge in [-0.25, -0.2) is 13.2 Å². The predicted octanol–water partition coefficient (Wildman–Crippen LogP) is 3.30. The topological polar surface area (TPSA) is 84.0 Å². The first-order chi connectivity index (χ1) is 15.8. The Bertz CT molecular complexity index is 1160. The van der Waals surface area contributed by atoms with Crippen LogP contribution in [0.1, 0.15) is 53.2 Å². The maximum absolute atomic E-state index is 13.1. The summed E-state index contributed by atoms with van der Waals surface area (Å²) in [5, 5.41) is 0. The van der Waals surface area contributed by atoms with Crippen LogP contribution in [0.25, 0.3) is 0 Å². The molecule has 1 atom stereocenters. The third kappa shape index (κ3) is 4.96. The Morgan fingerprint density at radius 2 is 1.67 bits per heavy atom. The quantitative estimate of drug-likeness (QED) is 0.626. The zero-order chi connectivity index (χ0) is 23.6. The molecule has 33 heavy (non-hydrogen) atoms. The van der Waals surface area contributed by atoms with E-state index < -0.39 is 22.1 Å². The Morgan fingerprint density at radius 3 is 2.39 bits per heavy atom. The van der Waals surface area contributed by atoms with E-state index in [4.69, 9.17) is 4.74 Å². The lowest BCUT2D eigenvalue weighted by molar-refractivity contribution is -0.140. The fourth-order valence-corrected chi connectivity index (χ4v) is 6.24. The average molecular weight is 471 g/mol. The van der Waals surface area contributed by atoms with Crippen molar-refractivity contribution in [1.29, 1.82) is 0 Å². The summed E-state index contributed by atoms with van der Waals surface area (Å²) < 4.78 is 33.2. The second kappa shape index (κ2) is 9.65. The molecule has 0 N–H and O–H groups in total. The van der Waals surface area contributed by atoms with Gasteiger partial charge in [-0.2, -0.15) is 4.31 Å². The Morgan fingerprint density at radius 1 is 0.970 bits per heavy atom. The lowest BCUT2D eigenvalue weighted by Crippen LogP contribution is -2.42. The van der Waals surface area contributed by atoms with Crippen LogP contribution in [0, 0.1) is 6.92 Å². The first-order valence-electron chi connectivity index (χ1n) is 11.4. The van der Waals surface area contributed by atoms with Crippen molar-refractivity contribution >= 4 is 21.9 Å². The molecule has 0 radical (unpaired) electrons. The van der Waals surface area contributed by atoms with Crippen LogP contribution in [0.4, 0.5) is 0 Å². The molecule has 0 aliphatic carbocycles. The molecular weight excluding hydrogens is 440 g/mol. The number of sulfonamides is 1. The van der Waals surface area contributed by atoms with Crippen molar-refractivity contribution < 1.29 is 22.7 Å². The van der Waals surface area contributed by atoms with Gasteiger partial charge in [-0.3, -0.25) is 4.79 Å². The van der Waals surface area contributed by atoms with Crippen LogP contribution in [0.3, 0.4) is 0 Å². The summed E-state index contributed by atoms with van der Waals surface area (Å²) in [6, 6.07) is 12.5. The number of rotatable bonds is 5. The number of hydrogen-bond acceptors (Lipinski definition) is 5. The number of nitrogens with zero attached hydrogens (tertiary/aromatic N) is 2. The Kier molecular flexibility index (Phi) is 6.86. The number of esters is 1. The van der Waals surface area contributed by atoms with Gasteiger partial charge in [0.05, 0.1) is 10.5 Å². The third-order valence-electron chi connectivity index (χ3n) is 6.43. The molecular formula is C25H30N2O5S. The molecule has 2 heterocycles. The molecule has 7 nitrogen and oxygen atoms in total. The van der Waals surface area contributed by atoms with E-state index in [1.165, 1.54) is 15.9 Å². The van der Waals surface area contributed by atoms with Gasteiger partial charge in [0.1, 0.15) is 0 Å². The minimum absolute atomic E-state index is 0.116. The molecule has 176 valence electrons. The van der Waals surface area contributed by atoms with Crippen molar-refractivity contribution in [2.75, 3.05) is 19.6 Å². The second-order valence-corrected chi connectivity index (χ2v) is 10.7. The van der Waals surface area contributed by atoms with E-state index in [1.807, 2.05) is 18.2 Å². The van der Waals surface area contributed by atoms with Crippen molar-refractivity contribution in [3.05, 3.63) is 64.7 Å². The molecule has 4 rings (SSSR count). The largest absolute Gasteiger partial charge is 0.449 e.